The van der Waals surface area contributed by atoms with Crippen molar-refractivity contribution in [3.8, 4) is 0 Å². The molecule has 0 saturated heterocycles. The van der Waals surface area contributed by atoms with Gasteiger partial charge in [0.25, 0.3) is 0 Å². The first-order valence-corrected chi connectivity index (χ1v) is 4.18. The highest BCUT2D eigenvalue weighted by Gasteiger charge is 2.19. The lowest BCUT2D eigenvalue weighted by atomic mass is 10.2. The largest absolute Gasteiger partial charge is 0.369 e. The summed E-state index contributed by atoms with van der Waals surface area (Å²) in [4.78, 5) is 12.6. The quantitative estimate of drug-likeness (QED) is 0.640. The van der Waals surface area contributed by atoms with Crippen molar-refractivity contribution in [2.75, 3.05) is 13.6 Å². The number of hydrogen-bond acceptors (Lipinski definition) is 2. The number of nitrogens with zero attached hydrogens (tertiary/aromatic N) is 1. The fraction of sp³-hybridized carbons (Fsp3) is 0.875. The highest BCUT2D eigenvalue weighted by atomic mass is 16.1. The van der Waals surface area contributed by atoms with Crippen LogP contribution in [0.1, 0.15) is 25.7 Å². The molecule has 0 aromatic rings. The van der Waals surface area contributed by atoms with Crippen LogP contribution in [-0.4, -0.2) is 30.4 Å². The van der Waals surface area contributed by atoms with E-state index >= 15 is 0 Å². The summed E-state index contributed by atoms with van der Waals surface area (Å²) < 4.78 is 0. The molecule has 0 aliphatic heterocycles. The summed E-state index contributed by atoms with van der Waals surface area (Å²) in [5.41, 5.74) is 5.08. The van der Waals surface area contributed by atoms with E-state index in [-0.39, 0.29) is 5.91 Å². The molecule has 0 heterocycles. The summed E-state index contributed by atoms with van der Waals surface area (Å²) in [6, 6.07) is 0.600. The van der Waals surface area contributed by atoms with Gasteiger partial charge in [0.1, 0.15) is 0 Å². The molecule has 64 valence electrons. The monoisotopic (exact) mass is 156 g/mol. The van der Waals surface area contributed by atoms with E-state index in [4.69, 9.17) is 5.73 Å². The number of likely N-dealkylation sites (N-methyl/N-ethyl adjacent to an activating group) is 1. The van der Waals surface area contributed by atoms with Crippen molar-refractivity contribution in [2.24, 2.45) is 5.73 Å². The minimum atomic E-state index is -0.223. The molecule has 0 bridgehead atoms. The van der Waals surface area contributed by atoms with Crippen LogP contribution in [0.5, 0.6) is 0 Å². The average molecular weight is 156 g/mol. The number of primary amides is 1. The molecule has 1 aliphatic rings. The molecule has 0 atom stereocenters. The Kier molecular flexibility index (Phi) is 2.88. The maximum atomic E-state index is 10.5. The Morgan fingerprint density at radius 1 is 1.55 bits per heavy atom. The van der Waals surface area contributed by atoms with Gasteiger partial charge in [-0.05, 0) is 19.9 Å². The third-order valence-electron chi connectivity index (χ3n) is 2.35. The number of rotatable bonds is 3. The van der Waals surface area contributed by atoms with Gasteiger partial charge in [-0.3, -0.25) is 9.69 Å². The van der Waals surface area contributed by atoms with Crippen LogP contribution in [-0.2, 0) is 4.79 Å². The second-order valence-corrected chi connectivity index (χ2v) is 3.32. The predicted octanol–water partition coefficient (Wildman–Crippen LogP) is 0.346. The molecular formula is C8H16N2O. The molecule has 1 saturated carbocycles. The summed E-state index contributed by atoms with van der Waals surface area (Å²) in [5.74, 6) is -0.223. The Bertz CT molecular complexity index is 141. The van der Waals surface area contributed by atoms with Crippen molar-refractivity contribution in [3.63, 3.8) is 0 Å². The van der Waals surface area contributed by atoms with Gasteiger partial charge in [0, 0.05) is 6.04 Å². The predicted molar refractivity (Wildman–Crippen MR) is 44.1 cm³/mol. The number of hydrogen-bond donors (Lipinski definition) is 1. The first kappa shape index (κ1) is 8.53. The summed E-state index contributed by atoms with van der Waals surface area (Å²) in [6.07, 6.45) is 5.05. The topological polar surface area (TPSA) is 46.3 Å². The first-order valence-electron chi connectivity index (χ1n) is 4.18. The van der Waals surface area contributed by atoms with E-state index in [1.807, 2.05) is 7.05 Å². The van der Waals surface area contributed by atoms with E-state index in [2.05, 4.69) is 4.90 Å². The molecule has 0 aromatic heterocycles. The van der Waals surface area contributed by atoms with Crippen molar-refractivity contribution in [2.45, 2.75) is 31.7 Å². The van der Waals surface area contributed by atoms with Gasteiger partial charge < -0.3 is 5.73 Å². The van der Waals surface area contributed by atoms with Gasteiger partial charge >= 0.3 is 0 Å². The molecule has 1 fully saturated rings. The lowest BCUT2D eigenvalue weighted by molar-refractivity contribution is -0.119. The molecule has 0 spiro atoms. The zero-order valence-corrected chi connectivity index (χ0v) is 7.05. The fourth-order valence-electron chi connectivity index (χ4n) is 1.72. The van der Waals surface area contributed by atoms with E-state index in [1.165, 1.54) is 25.7 Å². The Balaban J connectivity index is 2.28. The second kappa shape index (κ2) is 3.72. The number of carbonyl (C=O) groups is 1. The number of carbonyl (C=O) groups excluding carboxylic acids is 1. The second-order valence-electron chi connectivity index (χ2n) is 3.32. The minimum absolute atomic E-state index is 0.223. The van der Waals surface area contributed by atoms with Gasteiger partial charge in [-0.2, -0.15) is 0 Å². The van der Waals surface area contributed by atoms with Crippen molar-refractivity contribution in [3.05, 3.63) is 0 Å². The Hall–Kier alpha value is -0.570. The summed E-state index contributed by atoms with van der Waals surface area (Å²) in [6.45, 7) is 0.407. The van der Waals surface area contributed by atoms with E-state index in [1.54, 1.807) is 0 Å². The highest BCUT2D eigenvalue weighted by molar-refractivity contribution is 5.75. The number of nitrogens with two attached hydrogens (primary N) is 1. The molecular weight excluding hydrogens is 140 g/mol. The molecule has 3 heteroatoms. The zero-order valence-electron chi connectivity index (χ0n) is 7.05. The van der Waals surface area contributed by atoms with E-state index in [9.17, 15) is 4.79 Å². The van der Waals surface area contributed by atoms with Crippen LogP contribution in [0.3, 0.4) is 0 Å². The highest BCUT2D eigenvalue weighted by Crippen LogP contribution is 2.21. The molecule has 3 nitrogen and oxygen atoms in total. The third kappa shape index (κ3) is 2.50. The van der Waals surface area contributed by atoms with Gasteiger partial charge in [0.15, 0.2) is 0 Å². The molecule has 0 unspecified atom stereocenters. The maximum Gasteiger partial charge on any atom is 0.231 e. The Morgan fingerprint density at radius 2 is 2.09 bits per heavy atom. The van der Waals surface area contributed by atoms with E-state index < -0.39 is 0 Å². The van der Waals surface area contributed by atoms with Crippen LogP contribution in [0.15, 0.2) is 0 Å². The van der Waals surface area contributed by atoms with Gasteiger partial charge in [-0.15, -0.1) is 0 Å². The molecule has 1 rings (SSSR count). The summed E-state index contributed by atoms with van der Waals surface area (Å²) in [7, 11) is 1.97. The Labute approximate surface area is 67.5 Å². The molecule has 1 amide bonds. The van der Waals surface area contributed by atoms with Gasteiger partial charge in [0.2, 0.25) is 5.91 Å². The van der Waals surface area contributed by atoms with Crippen LogP contribution in [0.25, 0.3) is 0 Å². The lowest BCUT2D eigenvalue weighted by Gasteiger charge is -2.21. The lowest BCUT2D eigenvalue weighted by Crippen LogP contribution is -2.36. The van der Waals surface area contributed by atoms with Crippen LogP contribution >= 0.6 is 0 Å². The van der Waals surface area contributed by atoms with Gasteiger partial charge in [0.05, 0.1) is 6.54 Å². The fourth-order valence-corrected chi connectivity index (χ4v) is 1.72. The van der Waals surface area contributed by atoms with Crippen LogP contribution < -0.4 is 5.73 Å². The van der Waals surface area contributed by atoms with Crippen molar-refractivity contribution in [1.29, 1.82) is 0 Å². The van der Waals surface area contributed by atoms with E-state index in [0.717, 1.165) is 0 Å². The van der Waals surface area contributed by atoms with Crippen LogP contribution in [0, 0.1) is 0 Å². The minimum Gasteiger partial charge on any atom is -0.369 e. The van der Waals surface area contributed by atoms with Crippen molar-refractivity contribution < 1.29 is 4.79 Å². The molecule has 11 heavy (non-hydrogen) atoms. The van der Waals surface area contributed by atoms with Crippen LogP contribution in [0.2, 0.25) is 0 Å². The summed E-state index contributed by atoms with van der Waals surface area (Å²) in [5, 5.41) is 0. The smallest absolute Gasteiger partial charge is 0.231 e. The maximum absolute atomic E-state index is 10.5. The normalized spacial score (nSPS) is 19.5. The number of amides is 1. The SMILES string of the molecule is CN(CC(N)=O)C1CCCC1. The van der Waals surface area contributed by atoms with Crippen molar-refractivity contribution >= 4 is 5.91 Å². The van der Waals surface area contributed by atoms with Crippen LogP contribution in [0.4, 0.5) is 0 Å². The molecule has 0 radical (unpaired) electrons. The van der Waals surface area contributed by atoms with E-state index in [0.29, 0.717) is 12.6 Å². The van der Waals surface area contributed by atoms with Gasteiger partial charge in [-0.1, -0.05) is 12.8 Å². The first-order chi connectivity index (χ1) is 5.20. The third-order valence-corrected chi connectivity index (χ3v) is 2.35. The van der Waals surface area contributed by atoms with Gasteiger partial charge in [-0.25, -0.2) is 0 Å². The standard InChI is InChI=1S/C8H16N2O/c1-10(6-8(9)11)7-4-2-3-5-7/h7H,2-6H2,1H3,(H2,9,11). The molecule has 0 aromatic carbocycles. The summed E-state index contributed by atoms with van der Waals surface area (Å²) >= 11 is 0. The molecule has 2 N–H and O–H groups in total. The zero-order chi connectivity index (χ0) is 8.27. The molecule has 1 aliphatic carbocycles. The average Bonchev–Trinajstić information content (AvgIpc) is 2.35. The van der Waals surface area contributed by atoms with Crippen molar-refractivity contribution in [1.82, 2.24) is 4.90 Å². The Morgan fingerprint density at radius 3 is 2.55 bits per heavy atom.